The van der Waals surface area contributed by atoms with Gasteiger partial charge in [0.05, 0.1) is 24.9 Å². The lowest BCUT2D eigenvalue weighted by Gasteiger charge is -2.30. The second-order valence-corrected chi connectivity index (χ2v) is 9.58. The number of benzene rings is 2. The molecule has 0 saturated heterocycles. The highest BCUT2D eigenvalue weighted by atomic mass is 16.5. The van der Waals surface area contributed by atoms with Crippen molar-refractivity contribution in [3.63, 3.8) is 0 Å². The third kappa shape index (κ3) is 5.24. The molecule has 1 atom stereocenters. The number of para-hydroxylation sites is 1. The fourth-order valence-corrected chi connectivity index (χ4v) is 5.11. The SMILES string of the molecule is CC[C@@H](c1nnnn1Cc1ccco1)N(Cc1ccccc1OC)Cc1cc2cc(C)cc(C)c2[nH]c1=O. The number of nitrogens with one attached hydrogen (secondary N) is 1. The normalized spacial score (nSPS) is 12.3. The molecule has 196 valence electrons. The number of ether oxygens (including phenoxy) is 1. The summed E-state index contributed by atoms with van der Waals surface area (Å²) in [5.41, 5.74) is 4.68. The van der Waals surface area contributed by atoms with Gasteiger partial charge in [-0.15, -0.1) is 5.10 Å². The molecule has 2 aromatic carbocycles. The number of aromatic nitrogens is 5. The molecule has 0 aliphatic rings. The van der Waals surface area contributed by atoms with E-state index < -0.39 is 0 Å². The predicted molar refractivity (Wildman–Crippen MR) is 145 cm³/mol. The van der Waals surface area contributed by atoms with Crippen molar-refractivity contribution in [1.82, 2.24) is 30.1 Å². The van der Waals surface area contributed by atoms with E-state index in [-0.39, 0.29) is 11.6 Å². The summed E-state index contributed by atoms with van der Waals surface area (Å²) in [7, 11) is 1.67. The number of methoxy groups -OCH3 is 1. The van der Waals surface area contributed by atoms with Crippen molar-refractivity contribution < 1.29 is 9.15 Å². The maximum atomic E-state index is 13.3. The molecule has 9 nitrogen and oxygen atoms in total. The summed E-state index contributed by atoms with van der Waals surface area (Å²) in [4.78, 5) is 18.6. The van der Waals surface area contributed by atoms with Gasteiger partial charge in [-0.25, -0.2) is 4.68 Å². The number of hydrogen-bond donors (Lipinski definition) is 1. The molecule has 3 heterocycles. The van der Waals surface area contributed by atoms with Gasteiger partial charge >= 0.3 is 0 Å². The van der Waals surface area contributed by atoms with E-state index in [1.165, 1.54) is 0 Å². The second kappa shape index (κ2) is 11.0. The first-order chi connectivity index (χ1) is 18.5. The molecule has 0 aliphatic carbocycles. The highest BCUT2D eigenvalue weighted by molar-refractivity contribution is 5.82. The van der Waals surface area contributed by atoms with E-state index >= 15 is 0 Å². The number of furan rings is 1. The Labute approximate surface area is 221 Å². The molecule has 3 aromatic heterocycles. The molecule has 38 heavy (non-hydrogen) atoms. The number of rotatable bonds is 10. The van der Waals surface area contributed by atoms with Crippen LogP contribution in [0.5, 0.6) is 5.75 Å². The van der Waals surface area contributed by atoms with Gasteiger partial charge in [0.1, 0.15) is 18.1 Å². The zero-order valence-electron chi connectivity index (χ0n) is 22.1. The summed E-state index contributed by atoms with van der Waals surface area (Å²) in [6.07, 6.45) is 2.37. The highest BCUT2D eigenvalue weighted by Gasteiger charge is 2.27. The van der Waals surface area contributed by atoms with E-state index in [0.29, 0.717) is 31.0 Å². The lowest BCUT2D eigenvalue weighted by atomic mass is 10.0. The number of aryl methyl sites for hydroxylation is 2. The van der Waals surface area contributed by atoms with E-state index in [1.807, 2.05) is 49.4 Å². The van der Waals surface area contributed by atoms with Crippen molar-refractivity contribution in [3.8, 4) is 5.75 Å². The van der Waals surface area contributed by atoms with Crippen molar-refractivity contribution in [1.29, 1.82) is 0 Å². The first-order valence-electron chi connectivity index (χ1n) is 12.7. The zero-order valence-corrected chi connectivity index (χ0v) is 22.1. The molecule has 0 unspecified atom stereocenters. The molecule has 0 aliphatic heterocycles. The lowest BCUT2D eigenvalue weighted by Crippen LogP contribution is -2.32. The molecule has 9 heteroatoms. The van der Waals surface area contributed by atoms with Crippen molar-refractivity contribution in [3.05, 3.63) is 105 Å². The van der Waals surface area contributed by atoms with E-state index in [4.69, 9.17) is 9.15 Å². The largest absolute Gasteiger partial charge is 0.496 e. The number of fused-ring (bicyclic) bond motifs is 1. The Morgan fingerprint density at radius 3 is 2.66 bits per heavy atom. The van der Waals surface area contributed by atoms with Gasteiger partial charge in [0.25, 0.3) is 5.56 Å². The predicted octanol–water partition coefficient (Wildman–Crippen LogP) is 4.93. The Morgan fingerprint density at radius 1 is 1.08 bits per heavy atom. The number of nitrogens with zero attached hydrogens (tertiary/aromatic N) is 5. The van der Waals surface area contributed by atoms with Crippen molar-refractivity contribution in [2.75, 3.05) is 7.11 Å². The third-order valence-corrected chi connectivity index (χ3v) is 6.88. The zero-order chi connectivity index (χ0) is 26.6. The van der Waals surface area contributed by atoms with Crippen LogP contribution in [0.15, 0.2) is 70.1 Å². The molecule has 0 radical (unpaired) electrons. The summed E-state index contributed by atoms with van der Waals surface area (Å²) in [6.45, 7) is 7.55. The van der Waals surface area contributed by atoms with E-state index in [1.54, 1.807) is 18.1 Å². The number of aromatic amines is 1. The van der Waals surface area contributed by atoms with E-state index in [9.17, 15) is 4.79 Å². The van der Waals surface area contributed by atoms with Crippen LogP contribution in [0.4, 0.5) is 0 Å². The van der Waals surface area contributed by atoms with Gasteiger partial charge in [0.2, 0.25) is 0 Å². The number of pyridine rings is 1. The minimum Gasteiger partial charge on any atom is -0.496 e. The van der Waals surface area contributed by atoms with Gasteiger partial charge in [0.15, 0.2) is 5.82 Å². The molecular weight excluding hydrogens is 480 g/mol. The third-order valence-electron chi connectivity index (χ3n) is 6.88. The Hall–Kier alpha value is -4.24. The van der Waals surface area contributed by atoms with E-state index in [2.05, 4.69) is 51.4 Å². The summed E-state index contributed by atoms with van der Waals surface area (Å²) in [6, 6.07) is 17.7. The van der Waals surface area contributed by atoms with Gasteiger partial charge in [0, 0.05) is 24.2 Å². The first kappa shape index (κ1) is 25.4. The Bertz CT molecular complexity index is 1590. The quantitative estimate of drug-likeness (QED) is 0.283. The van der Waals surface area contributed by atoms with Crippen molar-refractivity contribution in [2.45, 2.75) is 52.9 Å². The van der Waals surface area contributed by atoms with Crippen LogP contribution >= 0.6 is 0 Å². The van der Waals surface area contributed by atoms with Crippen LogP contribution in [0, 0.1) is 13.8 Å². The average Bonchev–Trinajstić information content (AvgIpc) is 3.59. The average molecular weight is 513 g/mol. The maximum absolute atomic E-state index is 13.3. The molecular formula is C29H32N6O3. The summed E-state index contributed by atoms with van der Waals surface area (Å²) in [5.74, 6) is 2.27. The minimum atomic E-state index is -0.167. The van der Waals surface area contributed by atoms with Crippen LogP contribution < -0.4 is 10.3 Å². The number of hydrogen-bond acceptors (Lipinski definition) is 7. The summed E-state index contributed by atoms with van der Waals surface area (Å²) < 4.78 is 13.0. The summed E-state index contributed by atoms with van der Waals surface area (Å²) in [5, 5.41) is 13.7. The number of H-pyrrole nitrogens is 1. The van der Waals surface area contributed by atoms with Crippen LogP contribution in [0.2, 0.25) is 0 Å². The fraction of sp³-hybridized carbons (Fsp3) is 0.310. The van der Waals surface area contributed by atoms with Gasteiger partial charge in [-0.05, 0) is 72.0 Å². The molecule has 0 saturated carbocycles. The molecule has 0 bridgehead atoms. The van der Waals surface area contributed by atoms with Crippen molar-refractivity contribution in [2.24, 2.45) is 0 Å². The topological polar surface area (TPSA) is 102 Å². The smallest absolute Gasteiger partial charge is 0.252 e. The summed E-state index contributed by atoms with van der Waals surface area (Å²) >= 11 is 0. The molecule has 1 N–H and O–H groups in total. The second-order valence-electron chi connectivity index (χ2n) is 9.58. The lowest BCUT2D eigenvalue weighted by molar-refractivity contribution is 0.159. The monoisotopic (exact) mass is 512 g/mol. The van der Waals surface area contributed by atoms with Gasteiger partial charge in [-0.3, -0.25) is 9.69 Å². The van der Waals surface area contributed by atoms with E-state index in [0.717, 1.165) is 45.5 Å². The van der Waals surface area contributed by atoms with Crippen LogP contribution in [-0.2, 0) is 19.6 Å². The first-order valence-corrected chi connectivity index (χ1v) is 12.7. The molecule has 5 rings (SSSR count). The molecule has 0 spiro atoms. The number of tetrazole rings is 1. The Balaban J connectivity index is 1.56. The minimum absolute atomic E-state index is 0.0977. The van der Waals surface area contributed by atoms with Crippen LogP contribution in [0.3, 0.4) is 0 Å². The molecule has 5 aromatic rings. The van der Waals surface area contributed by atoms with Crippen LogP contribution in [-0.4, -0.2) is 37.2 Å². The maximum Gasteiger partial charge on any atom is 0.252 e. The van der Waals surface area contributed by atoms with Gasteiger partial charge < -0.3 is 14.1 Å². The van der Waals surface area contributed by atoms with Gasteiger partial charge in [-0.2, -0.15) is 0 Å². The van der Waals surface area contributed by atoms with Crippen molar-refractivity contribution >= 4 is 10.9 Å². The highest BCUT2D eigenvalue weighted by Crippen LogP contribution is 2.29. The van der Waals surface area contributed by atoms with Gasteiger partial charge in [-0.1, -0.05) is 36.8 Å². The van der Waals surface area contributed by atoms with Crippen LogP contribution in [0.25, 0.3) is 10.9 Å². The van der Waals surface area contributed by atoms with Crippen LogP contribution in [0.1, 0.15) is 53.2 Å². The Morgan fingerprint density at radius 2 is 1.89 bits per heavy atom. The molecule has 0 amide bonds. The Kier molecular flexibility index (Phi) is 7.37. The fourth-order valence-electron chi connectivity index (χ4n) is 5.11. The standard InChI is InChI=1S/C29H32N6O3/c1-5-25(28-31-32-33-35(28)18-24-10-8-12-38-24)34(16-21-9-6-7-11-26(21)37-4)17-23-15-22-14-19(2)13-20(3)27(22)30-29(23)36/h6-15,25H,5,16-18H2,1-4H3,(H,30,36)/t25-/m0/s1. The molecule has 0 fully saturated rings.